The van der Waals surface area contributed by atoms with Crippen molar-refractivity contribution in [3.8, 4) is 0 Å². The second kappa shape index (κ2) is 5.09. The van der Waals surface area contributed by atoms with E-state index in [1.807, 2.05) is 18.2 Å². The highest BCUT2D eigenvalue weighted by Gasteiger charge is 2.14. The van der Waals surface area contributed by atoms with Crippen LogP contribution in [0.4, 0.5) is 5.69 Å². The largest absolute Gasteiger partial charge is 0.478 e. The van der Waals surface area contributed by atoms with E-state index >= 15 is 0 Å². The third-order valence-corrected chi connectivity index (χ3v) is 3.78. The van der Waals surface area contributed by atoms with Crippen LogP contribution in [0.5, 0.6) is 0 Å². The molecule has 0 aliphatic carbocycles. The average molecular weight is 271 g/mol. The summed E-state index contributed by atoms with van der Waals surface area (Å²) in [6.45, 7) is 4.14. The zero-order valence-corrected chi connectivity index (χ0v) is 11.4. The van der Waals surface area contributed by atoms with Gasteiger partial charge in [0.05, 0.1) is 11.1 Å². The highest BCUT2D eigenvalue weighted by atomic mass is 16.4. The molecule has 0 amide bonds. The fourth-order valence-corrected chi connectivity index (χ4v) is 2.49. The van der Waals surface area contributed by atoms with E-state index in [9.17, 15) is 4.79 Å². The van der Waals surface area contributed by atoms with E-state index in [4.69, 9.17) is 5.11 Å². The molecule has 5 nitrogen and oxygen atoms in total. The first-order chi connectivity index (χ1) is 9.63. The molecular formula is C15H17N3O2. The summed E-state index contributed by atoms with van der Waals surface area (Å²) >= 11 is 0. The molecule has 5 heteroatoms. The summed E-state index contributed by atoms with van der Waals surface area (Å²) < 4.78 is 0. The Morgan fingerprint density at radius 1 is 1.20 bits per heavy atom. The first-order valence-corrected chi connectivity index (χ1v) is 6.70. The number of nitrogens with zero attached hydrogens (tertiary/aromatic N) is 3. The van der Waals surface area contributed by atoms with E-state index in [-0.39, 0.29) is 5.56 Å². The van der Waals surface area contributed by atoms with Crippen molar-refractivity contribution >= 4 is 22.6 Å². The van der Waals surface area contributed by atoms with Crippen molar-refractivity contribution in [3.05, 3.63) is 36.0 Å². The summed E-state index contributed by atoms with van der Waals surface area (Å²) in [4.78, 5) is 19.8. The van der Waals surface area contributed by atoms with Gasteiger partial charge in [-0.2, -0.15) is 0 Å². The number of rotatable bonds is 2. The molecule has 0 unspecified atom stereocenters. The molecule has 1 aliphatic rings. The maximum absolute atomic E-state index is 10.9. The van der Waals surface area contributed by atoms with Crippen LogP contribution in [0.15, 0.2) is 30.5 Å². The second-order valence-corrected chi connectivity index (χ2v) is 5.20. The van der Waals surface area contributed by atoms with Crippen molar-refractivity contribution in [3.63, 3.8) is 0 Å². The van der Waals surface area contributed by atoms with Gasteiger partial charge in [0.1, 0.15) is 0 Å². The lowest BCUT2D eigenvalue weighted by molar-refractivity contribution is 0.0696. The topological polar surface area (TPSA) is 56.7 Å². The minimum Gasteiger partial charge on any atom is -0.478 e. The maximum Gasteiger partial charge on any atom is 0.337 e. The number of pyridine rings is 1. The van der Waals surface area contributed by atoms with Gasteiger partial charge >= 0.3 is 5.97 Å². The fourth-order valence-electron chi connectivity index (χ4n) is 2.49. The number of fused-ring (bicyclic) bond motifs is 1. The molecule has 1 N–H and O–H groups in total. The van der Waals surface area contributed by atoms with Crippen molar-refractivity contribution in [2.24, 2.45) is 0 Å². The van der Waals surface area contributed by atoms with Gasteiger partial charge < -0.3 is 14.9 Å². The van der Waals surface area contributed by atoms with Crippen molar-refractivity contribution in [1.82, 2.24) is 9.88 Å². The van der Waals surface area contributed by atoms with E-state index in [0.717, 1.165) is 42.8 Å². The lowest BCUT2D eigenvalue weighted by Gasteiger charge is -2.34. The van der Waals surface area contributed by atoms with Crippen molar-refractivity contribution < 1.29 is 9.90 Å². The van der Waals surface area contributed by atoms with Crippen LogP contribution in [0.2, 0.25) is 0 Å². The third-order valence-electron chi connectivity index (χ3n) is 3.78. The minimum atomic E-state index is -0.942. The number of aromatic nitrogens is 1. The standard InChI is InChI=1S/C15H17N3O2/c1-17-4-6-18(7-5-17)13-3-2-11-8-12(15(19)20)10-16-14(11)9-13/h2-3,8-10H,4-7H2,1H3,(H,19,20). The normalized spacial score (nSPS) is 16.6. The van der Waals surface area contributed by atoms with E-state index in [2.05, 4.69) is 21.8 Å². The molecule has 1 saturated heterocycles. The predicted octanol–water partition coefficient (Wildman–Crippen LogP) is 1.68. The lowest BCUT2D eigenvalue weighted by Crippen LogP contribution is -2.44. The van der Waals surface area contributed by atoms with Crippen LogP contribution in [0.25, 0.3) is 10.9 Å². The molecule has 0 saturated carbocycles. The van der Waals surface area contributed by atoms with Gasteiger partial charge in [-0.3, -0.25) is 4.98 Å². The Kier molecular flexibility index (Phi) is 3.28. The van der Waals surface area contributed by atoms with Crippen LogP contribution in [0, 0.1) is 0 Å². The molecule has 0 spiro atoms. The molecule has 1 aromatic heterocycles. The number of hydrogen-bond acceptors (Lipinski definition) is 4. The maximum atomic E-state index is 10.9. The zero-order chi connectivity index (χ0) is 14.1. The highest BCUT2D eigenvalue weighted by Crippen LogP contribution is 2.22. The van der Waals surface area contributed by atoms with Crippen LogP contribution in [0.3, 0.4) is 0 Å². The Labute approximate surface area is 117 Å². The highest BCUT2D eigenvalue weighted by molar-refractivity contribution is 5.93. The minimum absolute atomic E-state index is 0.227. The van der Waals surface area contributed by atoms with Crippen LogP contribution in [-0.2, 0) is 0 Å². The van der Waals surface area contributed by atoms with Gasteiger partial charge in [0, 0.05) is 43.4 Å². The number of anilines is 1. The van der Waals surface area contributed by atoms with E-state index in [1.165, 1.54) is 6.20 Å². The van der Waals surface area contributed by atoms with Gasteiger partial charge in [-0.1, -0.05) is 6.07 Å². The summed E-state index contributed by atoms with van der Waals surface area (Å²) in [5.41, 5.74) is 2.22. The number of likely N-dealkylation sites (N-methyl/N-ethyl adjacent to an activating group) is 1. The Morgan fingerprint density at radius 2 is 1.95 bits per heavy atom. The Bertz CT molecular complexity index is 649. The van der Waals surface area contributed by atoms with Gasteiger partial charge in [0.25, 0.3) is 0 Å². The summed E-state index contributed by atoms with van der Waals surface area (Å²) in [5, 5.41) is 9.84. The Morgan fingerprint density at radius 3 is 2.65 bits per heavy atom. The molecule has 0 bridgehead atoms. The first-order valence-electron chi connectivity index (χ1n) is 6.70. The third kappa shape index (κ3) is 2.44. The number of carbonyl (C=O) groups is 1. The number of benzene rings is 1. The van der Waals surface area contributed by atoms with Gasteiger partial charge in [-0.15, -0.1) is 0 Å². The Balaban J connectivity index is 1.91. The summed E-state index contributed by atoms with van der Waals surface area (Å²) in [5.74, 6) is -0.942. The van der Waals surface area contributed by atoms with E-state index in [0.29, 0.717) is 0 Å². The lowest BCUT2D eigenvalue weighted by atomic mass is 10.1. The Hall–Kier alpha value is -2.14. The second-order valence-electron chi connectivity index (χ2n) is 5.20. The molecule has 1 aliphatic heterocycles. The number of hydrogen-bond donors (Lipinski definition) is 1. The molecule has 2 heterocycles. The van der Waals surface area contributed by atoms with Crippen LogP contribution < -0.4 is 4.90 Å². The monoisotopic (exact) mass is 271 g/mol. The molecule has 2 aromatic rings. The van der Waals surface area contributed by atoms with Gasteiger partial charge in [-0.25, -0.2) is 4.79 Å². The molecule has 20 heavy (non-hydrogen) atoms. The summed E-state index contributed by atoms with van der Waals surface area (Å²) in [6.07, 6.45) is 1.42. The predicted molar refractivity (Wildman–Crippen MR) is 78.4 cm³/mol. The van der Waals surface area contributed by atoms with Crippen LogP contribution in [-0.4, -0.2) is 54.2 Å². The van der Waals surface area contributed by atoms with Crippen molar-refractivity contribution in [1.29, 1.82) is 0 Å². The summed E-state index contributed by atoms with van der Waals surface area (Å²) in [7, 11) is 2.13. The van der Waals surface area contributed by atoms with Crippen LogP contribution >= 0.6 is 0 Å². The zero-order valence-electron chi connectivity index (χ0n) is 11.4. The number of carboxylic acid groups (broad SMARTS) is 1. The number of aromatic carboxylic acids is 1. The molecule has 0 radical (unpaired) electrons. The van der Waals surface area contributed by atoms with Crippen molar-refractivity contribution in [2.75, 3.05) is 38.1 Å². The van der Waals surface area contributed by atoms with Gasteiger partial charge in [-0.05, 0) is 25.2 Å². The van der Waals surface area contributed by atoms with Crippen molar-refractivity contribution in [2.45, 2.75) is 0 Å². The summed E-state index contributed by atoms with van der Waals surface area (Å²) in [6, 6.07) is 7.69. The van der Waals surface area contributed by atoms with E-state index in [1.54, 1.807) is 6.07 Å². The first kappa shape index (κ1) is 12.9. The van der Waals surface area contributed by atoms with Gasteiger partial charge in [0.2, 0.25) is 0 Å². The number of piperazine rings is 1. The number of carboxylic acids is 1. The average Bonchev–Trinajstić information content (AvgIpc) is 2.47. The quantitative estimate of drug-likeness (QED) is 0.900. The smallest absolute Gasteiger partial charge is 0.337 e. The fraction of sp³-hybridized carbons (Fsp3) is 0.333. The SMILES string of the molecule is CN1CCN(c2ccc3cc(C(=O)O)cnc3c2)CC1. The molecular weight excluding hydrogens is 254 g/mol. The molecule has 1 aromatic carbocycles. The molecule has 3 rings (SSSR count). The molecule has 1 fully saturated rings. The van der Waals surface area contributed by atoms with Crippen LogP contribution in [0.1, 0.15) is 10.4 Å². The van der Waals surface area contributed by atoms with Gasteiger partial charge in [0.15, 0.2) is 0 Å². The molecule has 0 atom stereocenters. The van der Waals surface area contributed by atoms with E-state index < -0.39 is 5.97 Å². The molecule has 104 valence electrons.